The lowest BCUT2D eigenvalue weighted by atomic mass is 9.98. The number of halogens is 1. The van der Waals surface area contributed by atoms with Gasteiger partial charge >= 0.3 is 0 Å². The molecular weight excluding hydrogens is 554 g/mol. The fourth-order valence-corrected chi connectivity index (χ4v) is 8.26. The normalized spacial score (nSPS) is 16.1. The molecule has 0 amide bonds. The van der Waals surface area contributed by atoms with E-state index in [-0.39, 0.29) is 10.6 Å². The summed E-state index contributed by atoms with van der Waals surface area (Å²) in [5.41, 5.74) is 4.06. The molecule has 8 heteroatoms. The van der Waals surface area contributed by atoms with E-state index in [1.54, 1.807) is 29.5 Å². The molecule has 41 heavy (non-hydrogen) atoms. The van der Waals surface area contributed by atoms with Crippen molar-refractivity contribution in [3.05, 3.63) is 100 Å². The maximum atomic E-state index is 14.9. The molecule has 1 aliphatic carbocycles. The third kappa shape index (κ3) is 6.88. The molecule has 0 bridgehead atoms. The van der Waals surface area contributed by atoms with Gasteiger partial charge in [0.2, 0.25) is 0 Å². The number of sulfonamides is 1. The van der Waals surface area contributed by atoms with Crippen LogP contribution >= 0.6 is 11.3 Å². The highest BCUT2D eigenvalue weighted by atomic mass is 32.2. The maximum Gasteiger partial charge on any atom is 0.261 e. The van der Waals surface area contributed by atoms with Crippen LogP contribution in [0.4, 0.5) is 10.1 Å². The number of nitrogens with zero attached hydrogens (tertiary/aromatic N) is 2. The fourth-order valence-electron chi connectivity index (χ4n) is 6.11. The van der Waals surface area contributed by atoms with Gasteiger partial charge in [0.25, 0.3) is 10.0 Å². The van der Waals surface area contributed by atoms with Crippen molar-refractivity contribution in [2.45, 2.75) is 69.4 Å². The number of fused-ring (bicyclic) bond motifs is 1. The Labute approximate surface area is 246 Å². The Hall–Kier alpha value is -3.07. The van der Waals surface area contributed by atoms with Crippen molar-refractivity contribution < 1.29 is 12.8 Å². The summed E-state index contributed by atoms with van der Waals surface area (Å²) in [6.45, 7) is 2.45. The molecule has 4 aromatic rings. The first-order valence-corrected chi connectivity index (χ1v) is 16.9. The number of rotatable bonds is 10. The first-order valence-electron chi connectivity index (χ1n) is 14.6. The van der Waals surface area contributed by atoms with Gasteiger partial charge in [-0.05, 0) is 90.4 Å². The number of nitrogens with one attached hydrogen (secondary N) is 1. The number of pyridine rings is 1. The zero-order valence-corrected chi connectivity index (χ0v) is 24.8. The molecular formula is C33H36FN3O2S2. The Bertz CT molecular complexity index is 1600. The van der Waals surface area contributed by atoms with Crippen LogP contribution in [0.15, 0.2) is 77.8 Å². The van der Waals surface area contributed by atoms with E-state index in [9.17, 15) is 12.8 Å². The third-order valence-electron chi connectivity index (χ3n) is 8.37. The van der Waals surface area contributed by atoms with E-state index in [1.807, 2.05) is 36.5 Å². The molecule has 2 aromatic carbocycles. The standard InChI is InChI=1S/C33H36FN3O2S2/c34-30-20-25(9-5-8-24-6-1-2-7-24)11-15-31(30)36-41(38,39)29-14-12-27-22-37(19-17-26(27)21-29)23-28-13-16-33(40-28)32-10-3-4-18-35-32/h3-4,10-16,18,20-21,24,36H,1-2,5-9,17,19,22-23H2. The van der Waals surface area contributed by atoms with Gasteiger partial charge in [0.1, 0.15) is 5.82 Å². The maximum absolute atomic E-state index is 14.9. The summed E-state index contributed by atoms with van der Waals surface area (Å²) in [6, 6.07) is 20.4. The van der Waals surface area contributed by atoms with Crippen molar-refractivity contribution in [1.82, 2.24) is 9.88 Å². The lowest BCUT2D eigenvalue weighted by Gasteiger charge is -2.28. The van der Waals surface area contributed by atoms with Gasteiger partial charge in [-0.25, -0.2) is 12.8 Å². The van der Waals surface area contributed by atoms with E-state index in [1.165, 1.54) is 43.0 Å². The van der Waals surface area contributed by atoms with Gasteiger partial charge in [-0.3, -0.25) is 14.6 Å². The number of benzene rings is 2. The van der Waals surface area contributed by atoms with Crippen LogP contribution in [-0.4, -0.2) is 24.8 Å². The Balaban J connectivity index is 1.06. The highest BCUT2D eigenvalue weighted by molar-refractivity contribution is 7.92. The number of thiophene rings is 1. The lowest BCUT2D eigenvalue weighted by molar-refractivity contribution is 0.247. The monoisotopic (exact) mass is 589 g/mol. The van der Waals surface area contributed by atoms with E-state index in [4.69, 9.17) is 0 Å². The Morgan fingerprint density at radius 2 is 1.88 bits per heavy atom. The Kier molecular flexibility index (Phi) is 8.51. The average Bonchev–Trinajstić information content (AvgIpc) is 3.67. The van der Waals surface area contributed by atoms with Crippen molar-refractivity contribution in [2.24, 2.45) is 5.92 Å². The van der Waals surface area contributed by atoms with Gasteiger partial charge in [0.15, 0.2) is 0 Å². The van der Waals surface area contributed by atoms with Gasteiger partial charge < -0.3 is 0 Å². The molecule has 6 rings (SSSR count). The highest BCUT2D eigenvalue weighted by Crippen LogP contribution is 2.31. The molecule has 2 aliphatic rings. The molecule has 1 fully saturated rings. The molecule has 0 unspecified atom stereocenters. The first-order chi connectivity index (χ1) is 19.9. The molecule has 0 atom stereocenters. The highest BCUT2D eigenvalue weighted by Gasteiger charge is 2.22. The number of aromatic nitrogens is 1. The second-order valence-corrected chi connectivity index (χ2v) is 14.2. The SMILES string of the molecule is O=S(=O)(Nc1ccc(CCCC2CCCC2)cc1F)c1ccc2c(c1)CCN(Cc1ccc(-c3ccccn3)s1)C2. The topological polar surface area (TPSA) is 62.3 Å². The molecule has 3 heterocycles. The van der Waals surface area contributed by atoms with Crippen molar-refractivity contribution in [3.8, 4) is 10.6 Å². The lowest BCUT2D eigenvalue weighted by Crippen LogP contribution is -2.30. The van der Waals surface area contributed by atoms with Crippen molar-refractivity contribution >= 4 is 27.0 Å². The van der Waals surface area contributed by atoms with Crippen LogP contribution in [0.25, 0.3) is 10.6 Å². The summed E-state index contributed by atoms with van der Waals surface area (Å²) in [6.07, 6.45) is 10.9. The predicted octanol–water partition coefficient (Wildman–Crippen LogP) is 7.82. The number of anilines is 1. The number of hydrogen-bond donors (Lipinski definition) is 1. The van der Waals surface area contributed by atoms with Gasteiger partial charge in [-0.15, -0.1) is 11.3 Å². The third-order valence-corrected chi connectivity index (χ3v) is 10.8. The molecule has 0 spiro atoms. The molecule has 214 valence electrons. The minimum atomic E-state index is -3.90. The molecule has 0 saturated heterocycles. The van der Waals surface area contributed by atoms with Crippen molar-refractivity contribution in [1.29, 1.82) is 0 Å². The van der Waals surface area contributed by atoms with Crippen LogP contribution in [0.1, 0.15) is 60.1 Å². The molecule has 5 nitrogen and oxygen atoms in total. The Morgan fingerprint density at radius 1 is 1.00 bits per heavy atom. The minimum absolute atomic E-state index is 0.00513. The van der Waals surface area contributed by atoms with Crippen LogP contribution in [0, 0.1) is 11.7 Å². The summed E-state index contributed by atoms with van der Waals surface area (Å²) in [5, 5.41) is 0. The molecule has 1 N–H and O–H groups in total. The second kappa shape index (κ2) is 12.4. The van der Waals surface area contributed by atoms with Crippen molar-refractivity contribution in [3.63, 3.8) is 0 Å². The molecule has 0 radical (unpaired) electrons. The van der Waals surface area contributed by atoms with E-state index >= 15 is 0 Å². The molecule has 1 saturated carbocycles. The number of hydrogen-bond acceptors (Lipinski definition) is 5. The van der Waals surface area contributed by atoms with Gasteiger partial charge in [-0.1, -0.05) is 50.3 Å². The minimum Gasteiger partial charge on any atom is -0.294 e. The number of aryl methyl sites for hydroxylation is 1. The summed E-state index contributed by atoms with van der Waals surface area (Å²) < 4.78 is 43.7. The van der Waals surface area contributed by atoms with Crippen LogP contribution in [-0.2, 0) is 36.0 Å². The smallest absolute Gasteiger partial charge is 0.261 e. The second-order valence-electron chi connectivity index (χ2n) is 11.3. The van der Waals surface area contributed by atoms with E-state index in [0.717, 1.165) is 72.1 Å². The zero-order chi connectivity index (χ0) is 28.2. The van der Waals surface area contributed by atoms with Crippen LogP contribution in [0.3, 0.4) is 0 Å². The summed E-state index contributed by atoms with van der Waals surface area (Å²) >= 11 is 1.76. The van der Waals surface area contributed by atoms with Crippen LogP contribution in [0.5, 0.6) is 0 Å². The van der Waals surface area contributed by atoms with E-state index in [2.05, 4.69) is 26.7 Å². The Morgan fingerprint density at radius 3 is 2.68 bits per heavy atom. The zero-order valence-electron chi connectivity index (χ0n) is 23.2. The first kappa shape index (κ1) is 28.1. The quantitative estimate of drug-likeness (QED) is 0.205. The van der Waals surface area contributed by atoms with Gasteiger partial charge in [-0.2, -0.15) is 0 Å². The largest absolute Gasteiger partial charge is 0.294 e. The molecule has 2 aromatic heterocycles. The van der Waals surface area contributed by atoms with Gasteiger partial charge in [0.05, 0.1) is 21.2 Å². The summed E-state index contributed by atoms with van der Waals surface area (Å²) in [5.74, 6) is 0.290. The van der Waals surface area contributed by atoms with E-state index in [0.29, 0.717) is 0 Å². The predicted molar refractivity (Wildman–Crippen MR) is 164 cm³/mol. The summed E-state index contributed by atoms with van der Waals surface area (Å²) in [4.78, 5) is 9.43. The van der Waals surface area contributed by atoms with Crippen LogP contribution < -0.4 is 4.72 Å². The van der Waals surface area contributed by atoms with Crippen LogP contribution in [0.2, 0.25) is 0 Å². The average molecular weight is 590 g/mol. The summed E-state index contributed by atoms with van der Waals surface area (Å²) in [7, 11) is -3.90. The van der Waals surface area contributed by atoms with Crippen molar-refractivity contribution in [2.75, 3.05) is 11.3 Å². The van der Waals surface area contributed by atoms with Gasteiger partial charge in [0, 0.05) is 30.7 Å². The molecule has 1 aliphatic heterocycles. The fraction of sp³-hybridized carbons (Fsp3) is 0.364. The van der Waals surface area contributed by atoms with E-state index < -0.39 is 15.8 Å².